The van der Waals surface area contributed by atoms with Gasteiger partial charge in [0.15, 0.2) is 6.61 Å². The molecule has 1 aliphatic heterocycles. The second-order valence-electron chi connectivity index (χ2n) is 4.83. The lowest BCUT2D eigenvalue weighted by Gasteiger charge is -2.09. The van der Waals surface area contributed by atoms with Crippen molar-refractivity contribution >= 4 is 46.4 Å². The first-order valence-corrected chi connectivity index (χ1v) is 8.80. The van der Waals surface area contributed by atoms with Crippen molar-refractivity contribution in [1.29, 1.82) is 0 Å². The third-order valence-electron chi connectivity index (χ3n) is 3.21. The first-order valence-electron chi connectivity index (χ1n) is 6.94. The number of hydrogen-bond acceptors (Lipinski definition) is 6. The van der Waals surface area contributed by atoms with Crippen LogP contribution in [0.4, 0.5) is 5.69 Å². The Bertz CT molecular complexity index is 755. The van der Waals surface area contributed by atoms with Crippen molar-refractivity contribution in [3.05, 3.63) is 46.2 Å². The molecular formula is C16H13NO4S2. The fourth-order valence-corrected chi connectivity index (χ4v) is 3.66. The summed E-state index contributed by atoms with van der Waals surface area (Å²) in [5.74, 6) is -0.180. The Morgan fingerprint density at radius 2 is 2.13 bits per heavy atom. The molecule has 1 amide bonds. The molecule has 0 atom stereocenters. The zero-order chi connectivity index (χ0) is 16.2. The van der Waals surface area contributed by atoms with Crippen molar-refractivity contribution in [3.8, 4) is 0 Å². The number of benzene rings is 1. The van der Waals surface area contributed by atoms with E-state index in [9.17, 15) is 14.4 Å². The van der Waals surface area contributed by atoms with E-state index in [0.29, 0.717) is 28.3 Å². The Labute approximate surface area is 141 Å². The Kier molecular flexibility index (Phi) is 4.78. The molecule has 2 aromatic rings. The van der Waals surface area contributed by atoms with Crippen LogP contribution in [0.15, 0.2) is 40.6 Å². The number of thiophene rings is 1. The Morgan fingerprint density at radius 1 is 1.26 bits per heavy atom. The molecule has 23 heavy (non-hydrogen) atoms. The van der Waals surface area contributed by atoms with Crippen molar-refractivity contribution in [3.63, 3.8) is 0 Å². The molecular weight excluding hydrogens is 334 g/mol. The number of carbonyl (C=O) groups excluding carboxylic acids is 3. The number of nitrogens with one attached hydrogen (secondary N) is 1. The van der Waals surface area contributed by atoms with Gasteiger partial charge in [0, 0.05) is 17.1 Å². The molecule has 1 aromatic heterocycles. The number of ketones is 1. The number of fused-ring (bicyclic) bond motifs is 1. The summed E-state index contributed by atoms with van der Waals surface area (Å²) >= 11 is 2.87. The monoisotopic (exact) mass is 347 g/mol. The first kappa shape index (κ1) is 15.8. The fraction of sp³-hybridized carbons (Fsp3) is 0.188. The van der Waals surface area contributed by atoms with Crippen molar-refractivity contribution in [2.24, 2.45) is 0 Å². The molecule has 0 saturated heterocycles. The highest BCUT2D eigenvalue weighted by Crippen LogP contribution is 2.31. The minimum absolute atomic E-state index is 0.0744. The molecule has 118 valence electrons. The largest absolute Gasteiger partial charge is 0.454 e. The summed E-state index contributed by atoms with van der Waals surface area (Å²) in [7, 11) is 0. The van der Waals surface area contributed by atoms with E-state index < -0.39 is 5.97 Å². The lowest BCUT2D eigenvalue weighted by molar-refractivity contribution is -0.115. The number of Topliss-reactive ketones (excluding diaryl/α,β-unsaturated/α-hetero) is 1. The summed E-state index contributed by atoms with van der Waals surface area (Å²) in [6.45, 7) is -0.294. The number of amides is 1. The molecule has 1 aliphatic rings. The van der Waals surface area contributed by atoms with Crippen molar-refractivity contribution in [2.45, 2.75) is 11.3 Å². The maximum Gasteiger partial charge on any atom is 0.338 e. The van der Waals surface area contributed by atoms with Gasteiger partial charge in [0.1, 0.15) is 0 Å². The van der Waals surface area contributed by atoms with Gasteiger partial charge in [0.25, 0.3) is 0 Å². The Balaban J connectivity index is 1.68. The molecule has 3 rings (SSSR count). The molecule has 0 bridgehead atoms. The van der Waals surface area contributed by atoms with Gasteiger partial charge in [0.05, 0.1) is 16.1 Å². The van der Waals surface area contributed by atoms with E-state index in [1.54, 1.807) is 47.5 Å². The number of rotatable bonds is 4. The lowest BCUT2D eigenvalue weighted by atomic mass is 10.2. The normalized spacial score (nSPS) is 13.7. The van der Waals surface area contributed by atoms with Crippen LogP contribution in [-0.4, -0.2) is 30.0 Å². The molecule has 0 unspecified atom stereocenters. The average Bonchev–Trinajstić information content (AvgIpc) is 3.01. The van der Waals surface area contributed by atoms with Gasteiger partial charge in [-0.1, -0.05) is 6.07 Å². The van der Waals surface area contributed by atoms with Gasteiger partial charge in [-0.3, -0.25) is 9.59 Å². The highest BCUT2D eigenvalue weighted by atomic mass is 32.2. The maximum atomic E-state index is 12.1. The van der Waals surface area contributed by atoms with E-state index in [-0.39, 0.29) is 18.3 Å². The van der Waals surface area contributed by atoms with Crippen molar-refractivity contribution in [1.82, 2.24) is 0 Å². The van der Waals surface area contributed by atoms with Crippen molar-refractivity contribution < 1.29 is 19.1 Å². The van der Waals surface area contributed by atoms with Crippen LogP contribution in [0.5, 0.6) is 0 Å². The van der Waals surface area contributed by atoms with E-state index >= 15 is 0 Å². The van der Waals surface area contributed by atoms with Crippen LogP contribution in [0.1, 0.15) is 26.5 Å². The van der Waals surface area contributed by atoms with Crippen LogP contribution in [-0.2, 0) is 9.53 Å². The zero-order valence-corrected chi connectivity index (χ0v) is 13.7. The predicted molar refractivity (Wildman–Crippen MR) is 89.3 cm³/mol. The van der Waals surface area contributed by atoms with Gasteiger partial charge < -0.3 is 10.1 Å². The van der Waals surface area contributed by atoms with Crippen LogP contribution in [0.3, 0.4) is 0 Å². The minimum Gasteiger partial charge on any atom is -0.454 e. The third kappa shape index (κ3) is 3.80. The van der Waals surface area contributed by atoms with Gasteiger partial charge in [-0.2, -0.15) is 0 Å². The number of thioether (sulfide) groups is 1. The summed E-state index contributed by atoms with van der Waals surface area (Å²) in [4.78, 5) is 37.0. The smallest absolute Gasteiger partial charge is 0.338 e. The molecule has 2 heterocycles. The fourth-order valence-electron chi connectivity index (χ4n) is 2.07. The number of hydrogen-bond donors (Lipinski definition) is 1. The standard InChI is InChI=1S/C16H13NO4S2/c18-12(14-2-1-6-22-14)9-21-16(20)10-3-4-13-11(8-10)17-15(19)5-7-23-13/h1-4,6,8H,5,7,9H2,(H,17,19). The van der Waals surface area contributed by atoms with Crippen LogP contribution >= 0.6 is 23.1 Å². The number of carbonyl (C=O) groups is 3. The summed E-state index contributed by atoms with van der Waals surface area (Å²) in [6.07, 6.45) is 0.439. The molecule has 7 heteroatoms. The molecule has 0 spiro atoms. The van der Waals surface area contributed by atoms with Crippen molar-refractivity contribution in [2.75, 3.05) is 17.7 Å². The molecule has 1 N–H and O–H groups in total. The van der Waals surface area contributed by atoms with Gasteiger partial charge >= 0.3 is 5.97 Å². The predicted octanol–water partition coefficient (Wildman–Crippen LogP) is 3.22. The van der Waals surface area contributed by atoms with Gasteiger partial charge in [-0.15, -0.1) is 23.1 Å². The molecule has 5 nitrogen and oxygen atoms in total. The van der Waals surface area contributed by atoms with Crippen LogP contribution < -0.4 is 5.32 Å². The van der Waals surface area contributed by atoms with Gasteiger partial charge in [-0.25, -0.2) is 4.79 Å². The summed E-state index contributed by atoms with van der Waals surface area (Å²) < 4.78 is 5.06. The van der Waals surface area contributed by atoms with E-state index in [0.717, 1.165) is 4.90 Å². The van der Waals surface area contributed by atoms with Gasteiger partial charge in [-0.05, 0) is 29.6 Å². The molecule has 0 saturated carbocycles. The molecule has 0 aliphatic carbocycles. The van der Waals surface area contributed by atoms with E-state index in [1.807, 2.05) is 0 Å². The van der Waals surface area contributed by atoms with Crippen LogP contribution in [0.2, 0.25) is 0 Å². The molecule has 0 fully saturated rings. The molecule has 0 radical (unpaired) electrons. The SMILES string of the molecule is O=C1CCSc2ccc(C(=O)OCC(=O)c3cccs3)cc2N1. The van der Waals surface area contributed by atoms with Gasteiger partial charge in [0.2, 0.25) is 11.7 Å². The lowest BCUT2D eigenvalue weighted by Crippen LogP contribution is -2.14. The van der Waals surface area contributed by atoms with Crippen LogP contribution in [0.25, 0.3) is 0 Å². The number of anilines is 1. The van der Waals surface area contributed by atoms with E-state index in [1.165, 1.54) is 11.3 Å². The Hall–Kier alpha value is -2.12. The topological polar surface area (TPSA) is 72.5 Å². The van der Waals surface area contributed by atoms with Crippen LogP contribution in [0, 0.1) is 0 Å². The highest BCUT2D eigenvalue weighted by molar-refractivity contribution is 7.99. The summed E-state index contributed by atoms with van der Waals surface area (Å²) in [5.41, 5.74) is 0.919. The summed E-state index contributed by atoms with van der Waals surface area (Å²) in [6, 6.07) is 8.47. The van der Waals surface area contributed by atoms with E-state index in [4.69, 9.17) is 4.74 Å². The Morgan fingerprint density at radius 3 is 2.91 bits per heavy atom. The second kappa shape index (κ2) is 6.97. The summed E-state index contributed by atoms with van der Waals surface area (Å²) in [5, 5.41) is 4.57. The van der Waals surface area contributed by atoms with E-state index in [2.05, 4.69) is 5.32 Å². The number of esters is 1. The molecule has 1 aromatic carbocycles. The highest BCUT2D eigenvalue weighted by Gasteiger charge is 2.17. The number of ether oxygens (including phenoxy) is 1. The quantitative estimate of drug-likeness (QED) is 0.679. The third-order valence-corrected chi connectivity index (χ3v) is 5.19. The maximum absolute atomic E-state index is 12.1. The minimum atomic E-state index is -0.582. The average molecular weight is 347 g/mol. The zero-order valence-electron chi connectivity index (χ0n) is 12.0. The first-order chi connectivity index (χ1) is 11.1. The second-order valence-corrected chi connectivity index (χ2v) is 6.92.